The monoisotopic (exact) mass is 1130 g/mol. The second-order valence-electron chi connectivity index (χ2n) is 20.0. The van der Waals surface area contributed by atoms with E-state index in [-0.39, 0.29) is 86.9 Å². The Kier molecular flexibility index (Phi) is 24.1. The summed E-state index contributed by atoms with van der Waals surface area (Å²) in [5, 5.41) is 79.4. The molecule has 4 aromatic heterocycles. The van der Waals surface area contributed by atoms with E-state index < -0.39 is 49.2 Å². The van der Waals surface area contributed by atoms with Gasteiger partial charge in [0.1, 0.15) is 23.3 Å². The van der Waals surface area contributed by atoms with Crippen LogP contribution in [0.5, 0.6) is 0 Å². The number of anilines is 4. The standard InChI is InChI=1S/2C31H35FN4O4.Ca/c2*1-3-20(2)30-27(14-13-25(37)18-26(38)19-29(39)40)31(21-9-11-22(32)12-10-21)36(35-30)24-15-16-33-28(17-24)34-23-7-5-4-6-8-23;/h2*4-12,15-17,20,25-26,37-38H,3,13-14,18-19H2,1-2H3,(H,33,34)(H,39,40);/q;;+2/p-2. The van der Waals surface area contributed by atoms with Crippen molar-refractivity contribution in [2.24, 2.45) is 0 Å². The summed E-state index contributed by atoms with van der Waals surface area (Å²) in [7, 11) is 0. The van der Waals surface area contributed by atoms with Crippen LogP contribution in [0.15, 0.2) is 146 Å². The van der Waals surface area contributed by atoms with Crippen molar-refractivity contribution in [3.05, 3.63) is 180 Å². The van der Waals surface area contributed by atoms with Crippen molar-refractivity contribution >= 4 is 72.7 Å². The topological polar surface area (TPSA) is 247 Å². The smallest absolute Gasteiger partial charge is 0.550 e. The molecule has 0 aliphatic heterocycles. The van der Waals surface area contributed by atoms with E-state index in [4.69, 9.17) is 10.2 Å². The molecule has 81 heavy (non-hydrogen) atoms. The van der Waals surface area contributed by atoms with Gasteiger partial charge in [-0.25, -0.2) is 28.1 Å². The Labute approximate surface area is 500 Å². The molecule has 0 radical (unpaired) electrons. The summed E-state index contributed by atoms with van der Waals surface area (Å²) < 4.78 is 31.5. The van der Waals surface area contributed by atoms with Crippen molar-refractivity contribution in [3.8, 4) is 33.9 Å². The summed E-state index contributed by atoms with van der Waals surface area (Å²) in [6.07, 6.45) is 1.00. The van der Waals surface area contributed by atoms with E-state index in [1.165, 1.54) is 24.3 Å². The van der Waals surface area contributed by atoms with Gasteiger partial charge in [0.25, 0.3) is 0 Å². The minimum Gasteiger partial charge on any atom is -0.550 e. The summed E-state index contributed by atoms with van der Waals surface area (Å²) in [5.41, 5.74) is 9.90. The van der Waals surface area contributed by atoms with E-state index in [2.05, 4.69) is 48.3 Å². The molecule has 6 atom stereocenters. The molecule has 0 saturated carbocycles. The number of benzene rings is 4. The molecule has 6 unspecified atom stereocenters. The molecule has 0 amide bonds. The van der Waals surface area contributed by atoms with Crippen LogP contribution in [0.1, 0.15) is 113 Å². The molecule has 8 aromatic rings. The van der Waals surface area contributed by atoms with E-state index in [1.807, 2.05) is 94.3 Å². The van der Waals surface area contributed by atoms with Crippen LogP contribution < -0.4 is 20.8 Å². The Bertz CT molecular complexity index is 3040. The summed E-state index contributed by atoms with van der Waals surface area (Å²) in [6, 6.07) is 39.3. The molecule has 0 aliphatic carbocycles. The van der Waals surface area contributed by atoms with Crippen molar-refractivity contribution < 1.29 is 49.0 Å². The van der Waals surface area contributed by atoms with Crippen LogP contribution in [0, 0.1) is 11.6 Å². The molecule has 0 bridgehead atoms. The largest absolute Gasteiger partial charge is 2.00 e. The van der Waals surface area contributed by atoms with Gasteiger partial charge in [-0.2, -0.15) is 10.2 Å². The van der Waals surface area contributed by atoms with Crippen LogP contribution in [-0.2, 0) is 22.4 Å². The maximum atomic E-state index is 13.9. The molecule has 4 heterocycles. The Morgan fingerprint density at radius 1 is 0.543 bits per heavy atom. The fraction of sp³-hybridized carbons (Fsp3) is 0.323. The zero-order valence-corrected chi connectivity index (χ0v) is 48.2. The van der Waals surface area contributed by atoms with E-state index in [9.17, 15) is 49.0 Å². The molecule has 0 saturated heterocycles. The Hall–Kier alpha value is -6.90. The van der Waals surface area contributed by atoms with Crippen LogP contribution >= 0.6 is 0 Å². The predicted molar refractivity (Wildman–Crippen MR) is 305 cm³/mol. The average molecular weight is 1130 g/mol. The van der Waals surface area contributed by atoms with Crippen LogP contribution in [0.4, 0.5) is 31.8 Å². The van der Waals surface area contributed by atoms with Gasteiger partial charge in [0, 0.05) is 94.8 Å². The molecule has 4 aromatic carbocycles. The number of aliphatic hydroxyl groups is 4. The van der Waals surface area contributed by atoms with Crippen LogP contribution in [0.3, 0.4) is 0 Å². The van der Waals surface area contributed by atoms with Gasteiger partial charge < -0.3 is 50.9 Å². The third-order valence-corrected chi connectivity index (χ3v) is 13.8. The quantitative estimate of drug-likeness (QED) is 0.0278. The first-order valence-electron chi connectivity index (χ1n) is 26.9. The number of nitrogens with one attached hydrogen (secondary N) is 2. The molecule has 420 valence electrons. The number of aliphatic carboxylic acids is 2. The van der Waals surface area contributed by atoms with Crippen LogP contribution in [0.2, 0.25) is 0 Å². The molecule has 0 spiro atoms. The number of aromatic nitrogens is 6. The van der Waals surface area contributed by atoms with Gasteiger partial charge in [0.2, 0.25) is 0 Å². The number of pyridine rings is 2. The van der Waals surface area contributed by atoms with Crippen molar-refractivity contribution in [2.75, 3.05) is 10.6 Å². The van der Waals surface area contributed by atoms with Gasteiger partial charge >= 0.3 is 37.7 Å². The summed E-state index contributed by atoms with van der Waals surface area (Å²) in [5.74, 6) is -1.97. The first-order valence-corrected chi connectivity index (χ1v) is 26.9. The zero-order chi connectivity index (χ0) is 57.3. The minimum atomic E-state index is -1.36. The Morgan fingerprint density at radius 2 is 0.901 bits per heavy atom. The normalized spacial score (nSPS) is 13.4. The number of carboxylic acids is 2. The van der Waals surface area contributed by atoms with Gasteiger partial charge in [0.15, 0.2) is 0 Å². The maximum Gasteiger partial charge on any atom is 2.00 e. The fourth-order valence-electron chi connectivity index (χ4n) is 9.40. The molecule has 0 fully saturated rings. The van der Waals surface area contributed by atoms with Crippen molar-refractivity contribution in [1.82, 2.24) is 29.5 Å². The first kappa shape index (κ1) is 63.3. The van der Waals surface area contributed by atoms with E-state index in [0.29, 0.717) is 24.5 Å². The summed E-state index contributed by atoms with van der Waals surface area (Å²) >= 11 is 0. The van der Waals surface area contributed by atoms with Gasteiger partial charge in [-0.3, -0.25) is 0 Å². The fourth-order valence-corrected chi connectivity index (χ4v) is 9.40. The number of carbonyl (C=O) groups is 2. The number of para-hydroxylation sites is 2. The number of nitrogens with zero attached hydrogens (tertiary/aromatic N) is 6. The number of rotatable bonds is 26. The average Bonchev–Trinajstić information content (AvgIpc) is 4.02. The van der Waals surface area contributed by atoms with Gasteiger partial charge in [-0.05, 0) is 136 Å². The third-order valence-electron chi connectivity index (χ3n) is 13.8. The summed E-state index contributed by atoms with van der Waals surface area (Å²) in [4.78, 5) is 30.5. The molecule has 0 aliphatic rings. The van der Waals surface area contributed by atoms with Crippen molar-refractivity contribution in [1.29, 1.82) is 0 Å². The second-order valence-corrected chi connectivity index (χ2v) is 20.0. The van der Waals surface area contributed by atoms with E-state index in [1.54, 1.807) is 36.7 Å². The zero-order valence-electron chi connectivity index (χ0n) is 46.0. The molecule has 16 nitrogen and oxygen atoms in total. The third kappa shape index (κ3) is 18.0. The first-order chi connectivity index (χ1) is 38.5. The number of hydrogen-bond acceptors (Lipinski definition) is 14. The number of hydrogen-bond donors (Lipinski definition) is 6. The van der Waals surface area contributed by atoms with Gasteiger partial charge in [-0.1, -0.05) is 64.1 Å². The SMILES string of the molecule is CCC(C)c1nn(-c2ccnc(Nc3ccccc3)c2)c(-c2ccc(F)cc2)c1CCC(O)CC(O)CC(=O)[O-].CCC(C)c1nn(-c2ccnc(Nc3ccccc3)c2)c(-c2ccc(F)cc2)c1CCC(O)CC(O)CC(=O)[O-].[Ca+2]. The van der Waals surface area contributed by atoms with E-state index in [0.717, 1.165) is 80.6 Å². The maximum absolute atomic E-state index is 13.9. The van der Waals surface area contributed by atoms with Gasteiger partial charge in [-0.15, -0.1) is 0 Å². The number of halogens is 2. The van der Waals surface area contributed by atoms with Gasteiger partial charge in [0.05, 0.1) is 58.6 Å². The number of carboxylic acid groups (broad SMARTS) is 2. The summed E-state index contributed by atoms with van der Waals surface area (Å²) in [6.45, 7) is 8.31. The second kappa shape index (κ2) is 30.8. The Morgan fingerprint density at radius 3 is 1.23 bits per heavy atom. The predicted octanol–water partition coefficient (Wildman–Crippen LogP) is 8.65. The number of aliphatic hydroxyl groups excluding tert-OH is 4. The van der Waals surface area contributed by atoms with Crippen LogP contribution in [0.25, 0.3) is 33.9 Å². The molecule has 19 heteroatoms. The Balaban J connectivity index is 0.000000258. The van der Waals surface area contributed by atoms with Crippen molar-refractivity contribution in [3.63, 3.8) is 0 Å². The molecular weight excluding hydrogens is 1060 g/mol. The number of carbonyl (C=O) groups excluding carboxylic acids is 2. The molecular formula is C62H68CaF2N8O8. The van der Waals surface area contributed by atoms with E-state index >= 15 is 0 Å². The van der Waals surface area contributed by atoms with Crippen LogP contribution in [-0.4, -0.2) is 124 Å². The van der Waals surface area contributed by atoms with Crippen molar-refractivity contribution in [2.45, 2.75) is 128 Å². The minimum absolute atomic E-state index is 0. The molecule has 6 N–H and O–H groups in total. The molecule has 8 rings (SSSR count).